The second-order valence-electron chi connectivity index (χ2n) is 3.61. The molecule has 3 nitrogen and oxygen atoms in total. The normalized spacial score (nSPS) is 12.1. The van der Waals surface area contributed by atoms with Gasteiger partial charge in [-0.15, -0.1) is 0 Å². The monoisotopic (exact) mass is 221 g/mol. The zero-order valence-electron chi connectivity index (χ0n) is 9.90. The molecule has 0 aliphatic carbocycles. The Kier molecular flexibility index (Phi) is 5.57. The van der Waals surface area contributed by atoms with Crippen LogP contribution in [0, 0.1) is 0 Å². The zero-order chi connectivity index (χ0) is 11.8. The summed E-state index contributed by atoms with van der Waals surface area (Å²) >= 11 is 0. The molecule has 1 aromatic rings. The van der Waals surface area contributed by atoms with Crippen LogP contribution in [0.1, 0.15) is 25.8 Å². The molecule has 0 saturated carbocycles. The van der Waals surface area contributed by atoms with Gasteiger partial charge in [0.05, 0.1) is 0 Å². The summed E-state index contributed by atoms with van der Waals surface area (Å²) in [6.07, 6.45) is 0.751. The van der Waals surface area contributed by atoms with Gasteiger partial charge < -0.3 is 10.1 Å². The summed E-state index contributed by atoms with van der Waals surface area (Å²) in [7, 11) is 0. The van der Waals surface area contributed by atoms with E-state index in [1.807, 2.05) is 44.2 Å². The van der Waals surface area contributed by atoms with E-state index in [0.717, 1.165) is 18.5 Å². The average molecular weight is 221 g/mol. The van der Waals surface area contributed by atoms with E-state index in [4.69, 9.17) is 4.74 Å². The van der Waals surface area contributed by atoms with Gasteiger partial charge in [-0.2, -0.15) is 0 Å². The van der Waals surface area contributed by atoms with Crippen molar-refractivity contribution in [1.29, 1.82) is 0 Å². The maximum Gasteiger partial charge on any atom is 0.323 e. The molecule has 0 aliphatic heterocycles. The number of rotatable bonds is 6. The molecular weight excluding hydrogens is 202 g/mol. The number of hydrogen-bond acceptors (Lipinski definition) is 3. The smallest absolute Gasteiger partial charge is 0.323 e. The van der Waals surface area contributed by atoms with Crippen molar-refractivity contribution in [1.82, 2.24) is 5.32 Å². The van der Waals surface area contributed by atoms with Crippen molar-refractivity contribution in [3.05, 3.63) is 35.9 Å². The first-order valence-electron chi connectivity index (χ1n) is 5.71. The van der Waals surface area contributed by atoms with Crippen molar-refractivity contribution in [3.63, 3.8) is 0 Å². The molecule has 1 atom stereocenters. The van der Waals surface area contributed by atoms with Gasteiger partial charge in [0.15, 0.2) is 0 Å². The maximum atomic E-state index is 11.7. The molecule has 0 bridgehead atoms. The van der Waals surface area contributed by atoms with Gasteiger partial charge >= 0.3 is 5.97 Å². The topological polar surface area (TPSA) is 38.3 Å². The first-order chi connectivity index (χ1) is 7.77. The molecule has 3 heteroatoms. The van der Waals surface area contributed by atoms with Crippen molar-refractivity contribution >= 4 is 5.97 Å². The van der Waals surface area contributed by atoms with Crippen LogP contribution in [0.3, 0.4) is 0 Å². The lowest BCUT2D eigenvalue weighted by atomic mass is 10.2. The largest absolute Gasteiger partial charge is 0.460 e. The summed E-state index contributed by atoms with van der Waals surface area (Å²) in [6, 6.07) is 9.52. The Bertz CT molecular complexity index is 311. The molecule has 0 fully saturated rings. The standard InChI is InChI=1S/C13H19NO2/c1-3-12(14-4-2)13(15)16-10-11-8-6-5-7-9-11/h5-9,12,14H,3-4,10H2,1-2H3/t12-/m1/s1. The van der Waals surface area contributed by atoms with E-state index in [2.05, 4.69) is 5.32 Å². The minimum absolute atomic E-state index is 0.173. The summed E-state index contributed by atoms with van der Waals surface area (Å²) in [5.41, 5.74) is 1.02. The highest BCUT2D eigenvalue weighted by Crippen LogP contribution is 2.03. The van der Waals surface area contributed by atoms with Gasteiger partial charge in [0.25, 0.3) is 0 Å². The number of carbonyl (C=O) groups is 1. The van der Waals surface area contributed by atoms with Gasteiger partial charge in [0.1, 0.15) is 12.6 Å². The summed E-state index contributed by atoms with van der Waals surface area (Å²) in [5.74, 6) is -0.173. The number of benzene rings is 1. The summed E-state index contributed by atoms with van der Waals surface area (Å²) in [6.45, 7) is 5.07. The number of esters is 1. The van der Waals surface area contributed by atoms with E-state index < -0.39 is 0 Å². The fourth-order valence-electron chi connectivity index (χ4n) is 1.47. The first kappa shape index (κ1) is 12.7. The van der Waals surface area contributed by atoms with Crippen LogP contribution in [0.15, 0.2) is 30.3 Å². The third-order valence-electron chi connectivity index (χ3n) is 2.37. The third-order valence-corrected chi connectivity index (χ3v) is 2.37. The Hall–Kier alpha value is -1.35. The predicted octanol–water partition coefficient (Wildman–Crippen LogP) is 2.12. The third kappa shape index (κ3) is 4.03. The SMILES string of the molecule is CCN[C@H](CC)C(=O)OCc1ccccc1. The quantitative estimate of drug-likeness (QED) is 0.748. The van der Waals surface area contributed by atoms with Gasteiger partial charge in [0, 0.05) is 0 Å². The summed E-state index contributed by atoms with van der Waals surface area (Å²) in [5, 5.41) is 3.09. The Morgan fingerprint density at radius 1 is 1.31 bits per heavy atom. The highest BCUT2D eigenvalue weighted by atomic mass is 16.5. The number of carbonyl (C=O) groups excluding carboxylic acids is 1. The number of ether oxygens (including phenoxy) is 1. The van der Waals surface area contributed by atoms with Gasteiger partial charge in [-0.3, -0.25) is 4.79 Å². The molecule has 1 N–H and O–H groups in total. The zero-order valence-corrected chi connectivity index (χ0v) is 9.90. The molecule has 1 rings (SSSR count). The molecule has 0 aromatic heterocycles. The Morgan fingerprint density at radius 2 is 2.00 bits per heavy atom. The van der Waals surface area contributed by atoms with Crippen LogP contribution in [-0.2, 0) is 16.1 Å². The first-order valence-corrected chi connectivity index (χ1v) is 5.71. The van der Waals surface area contributed by atoms with Crippen LogP contribution in [0.5, 0.6) is 0 Å². The fourth-order valence-corrected chi connectivity index (χ4v) is 1.47. The Morgan fingerprint density at radius 3 is 2.56 bits per heavy atom. The van der Waals surface area contributed by atoms with Crippen molar-refractivity contribution < 1.29 is 9.53 Å². The molecule has 0 saturated heterocycles. The molecule has 0 spiro atoms. The van der Waals surface area contributed by atoms with E-state index in [1.165, 1.54) is 0 Å². The van der Waals surface area contributed by atoms with E-state index in [9.17, 15) is 4.79 Å². The maximum absolute atomic E-state index is 11.7. The van der Waals surface area contributed by atoms with Gasteiger partial charge in [-0.25, -0.2) is 0 Å². The molecule has 0 radical (unpaired) electrons. The predicted molar refractivity (Wildman–Crippen MR) is 64.0 cm³/mol. The molecular formula is C13H19NO2. The van der Waals surface area contributed by atoms with Crippen molar-refractivity contribution in [2.45, 2.75) is 32.9 Å². The molecule has 0 unspecified atom stereocenters. The lowest BCUT2D eigenvalue weighted by molar-refractivity contribution is -0.147. The minimum Gasteiger partial charge on any atom is -0.460 e. The Balaban J connectivity index is 2.40. The van der Waals surface area contributed by atoms with Crippen molar-refractivity contribution in [2.24, 2.45) is 0 Å². The number of likely N-dealkylation sites (N-methyl/N-ethyl adjacent to an activating group) is 1. The minimum atomic E-state index is -0.186. The molecule has 88 valence electrons. The van der Waals surface area contributed by atoms with Crippen molar-refractivity contribution in [2.75, 3.05) is 6.54 Å². The molecule has 0 amide bonds. The Labute approximate surface area is 96.8 Å². The molecule has 0 heterocycles. The van der Waals surface area contributed by atoms with Crippen LogP contribution in [-0.4, -0.2) is 18.6 Å². The second-order valence-corrected chi connectivity index (χ2v) is 3.61. The van der Waals surface area contributed by atoms with E-state index in [0.29, 0.717) is 6.61 Å². The lowest BCUT2D eigenvalue weighted by Gasteiger charge is -2.14. The van der Waals surface area contributed by atoms with Gasteiger partial charge in [0.2, 0.25) is 0 Å². The highest BCUT2D eigenvalue weighted by Gasteiger charge is 2.16. The van der Waals surface area contributed by atoms with Crippen LogP contribution >= 0.6 is 0 Å². The summed E-state index contributed by atoms with van der Waals surface area (Å²) in [4.78, 5) is 11.7. The molecule has 0 aliphatic rings. The second kappa shape index (κ2) is 7.01. The molecule has 16 heavy (non-hydrogen) atoms. The van der Waals surface area contributed by atoms with E-state index in [-0.39, 0.29) is 12.0 Å². The summed E-state index contributed by atoms with van der Waals surface area (Å²) < 4.78 is 5.23. The molecule has 1 aromatic carbocycles. The van der Waals surface area contributed by atoms with Crippen LogP contribution in [0.2, 0.25) is 0 Å². The fraction of sp³-hybridized carbons (Fsp3) is 0.462. The van der Waals surface area contributed by atoms with Crippen molar-refractivity contribution in [3.8, 4) is 0 Å². The number of hydrogen-bond donors (Lipinski definition) is 1. The van der Waals surface area contributed by atoms with E-state index >= 15 is 0 Å². The van der Waals surface area contributed by atoms with Gasteiger partial charge in [-0.05, 0) is 18.5 Å². The van der Waals surface area contributed by atoms with Crippen LogP contribution < -0.4 is 5.32 Å². The lowest BCUT2D eigenvalue weighted by Crippen LogP contribution is -2.37. The van der Waals surface area contributed by atoms with E-state index in [1.54, 1.807) is 0 Å². The average Bonchev–Trinajstić information content (AvgIpc) is 2.34. The highest BCUT2D eigenvalue weighted by molar-refractivity contribution is 5.75. The van der Waals surface area contributed by atoms with Gasteiger partial charge in [-0.1, -0.05) is 44.2 Å². The number of nitrogens with one attached hydrogen (secondary N) is 1. The van der Waals surface area contributed by atoms with Crippen LogP contribution in [0.25, 0.3) is 0 Å². The van der Waals surface area contributed by atoms with Crippen LogP contribution in [0.4, 0.5) is 0 Å².